The predicted octanol–water partition coefficient (Wildman–Crippen LogP) is 3.19. The second-order valence-corrected chi connectivity index (χ2v) is 8.70. The zero-order valence-electron chi connectivity index (χ0n) is 20.0. The summed E-state index contributed by atoms with van der Waals surface area (Å²) in [6.07, 6.45) is 6.92. The number of guanidine groups is 1. The maximum absolute atomic E-state index is 9.59. The standard InChI is InChI=1S/C24H42N4O3/c1-6-25-23(27-18-24(14-15-29)12-8-7-9-13-24)26-17-20(28(2)3)19-10-11-21(30-4)22(16-19)31-5/h10-11,16,20,29H,6-9,12-15,17-18H2,1-5H3,(H2,25,26,27). The van der Waals surface area contributed by atoms with Gasteiger partial charge in [0.1, 0.15) is 0 Å². The zero-order valence-corrected chi connectivity index (χ0v) is 20.0. The van der Waals surface area contributed by atoms with Crippen molar-refractivity contribution in [3.63, 3.8) is 0 Å². The third-order valence-corrected chi connectivity index (χ3v) is 6.35. The monoisotopic (exact) mass is 434 g/mol. The lowest BCUT2D eigenvalue weighted by Gasteiger charge is -2.36. The Kier molecular flexibility index (Phi) is 10.4. The van der Waals surface area contributed by atoms with E-state index in [-0.39, 0.29) is 18.1 Å². The third-order valence-electron chi connectivity index (χ3n) is 6.35. The minimum absolute atomic E-state index is 0.139. The molecular weight excluding hydrogens is 392 g/mol. The maximum Gasteiger partial charge on any atom is 0.191 e. The Morgan fingerprint density at radius 1 is 1.13 bits per heavy atom. The lowest BCUT2D eigenvalue weighted by atomic mass is 9.72. The molecule has 7 heteroatoms. The Morgan fingerprint density at radius 2 is 1.84 bits per heavy atom. The van der Waals surface area contributed by atoms with Gasteiger partial charge in [-0.3, -0.25) is 4.99 Å². The third kappa shape index (κ3) is 7.28. The van der Waals surface area contributed by atoms with E-state index < -0.39 is 0 Å². The van der Waals surface area contributed by atoms with E-state index in [4.69, 9.17) is 14.5 Å². The van der Waals surface area contributed by atoms with Gasteiger partial charge in [0.25, 0.3) is 0 Å². The van der Waals surface area contributed by atoms with Crippen LogP contribution in [0.4, 0.5) is 0 Å². The van der Waals surface area contributed by atoms with Gasteiger partial charge in [-0.05, 0) is 63.4 Å². The first-order chi connectivity index (χ1) is 15.0. The van der Waals surface area contributed by atoms with E-state index in [1.165, 1.54) is 19.3 Å². The highest BCUT2D eigenvalue weighted by atomic mass is 16.5. The highest BCUT2D eigenvalue weighted by Gasteiger charge is 2.31. The van der Waals surface area contributed by atoms with Crippen molar-refractivity contribution in [2.75, 3.05) is 54.6 Å². The summed E-state index contributed by atoms with van der Waals surface area (Å²) in [6, 6.07) is 6.21. The molecule has 0 radical (unpaired) electrons. The van der Waals surface area contributed by atoms with Crippen LogP contribution in [0, 0.1) is 5.41 Å². The van der Waals surface area contributed by atoms with E-state index in [0.29, 0.717) is 6.54 Å². The predicted molar refractivity (Wildman–Crippen MR) is 127 cm³/mol. The molecule has 1 aromatic rings. The van der Waals surface area contributed by atoms with E-state index in [2.05, 4.69) is 42.6 Å². The Bertz CT molecular complexity index is 682. The van der Waals surface area contributed by atoms with Gasteiger partial charge in [0.2, 0.25) is 0 Å². The fraction of sp³-hybridized carbons (Fsp3) is 0.708. The van der Waals surface area contributed by atoms with Crippen LogP contribution in [0.1, 0.15) is 57.1 Å². The average Bonchev–Trinajstić information content (AvgIpc) is 2.78. The molecule has 1 saturated carbocycles. The number of aliphatic hydroxyl groups is 1. The van der Waals surface area contributed by atoms with E-state index in [1.807, 2.05) is 12.1 Å². The van der Waals surface area contributed by atoms with Gasteiger partial charge in [-0.15, -0.1) is 0 Å². The summed E-state index contributed by atoms with van der Waals surface area (Å²) in [5, 5.41) is 16.5. The number of likely N-dealkylation sites (N-methyl/N-ethyl adjacent to an activating group) is 1. The summed E-state index contributed by atoms with van der Waals surface area (Å²) in [5.74, 6) is 2.29. The Hall–Kier alpha value is -1.99. The molecule has 0 saturated heterocycles. The van der Waals surface area contributed by atoms with E-state index in [9.17, 15) is 5.11 Å². The number of aliphatic hydroxyl groups excluding tert-OH is 1. The highest BCUT2D eigenvalue weighted by Crippen LogP contribution is 2.39. The van der Waals surface area contributed by atoms with Gasteiger partial charge in [0.15, 0.2) is 17.5 Å². The highest BCUT2D eigenvalue weighted by molar-refractivity contribution is 5.79. The zero-order chi connectivity index (χ0) is 22.7. The molecule has 0 spiro atoms. The molecule has 3 N–H and O–H groups in total. The normalized spacial score (nSPS) is 17.3. The van der Waals surface area contributed by atoms with Crippen LogP contribution in [0.3, 0.4) is 0 Å². The molecule has 0 aromatic heterocycles. The minimum atomic E-state index is 0.139. The molecule has 0 heterocycles. The fourth-order valence-corrected chi connectivity index (χ4v) is 4.47. The molecule has 1 aliphatic carbocycles. The van der Waals surface area contributed by atoms with Crippen molar-refractivity contribution in [1.82, 2.24) is 15.5 Å². The maximum atomic E-state index is 9.59. The number of nitrogens with zero attached hydrogens (tertiary/aromatic N) is 2. The van der Waals surface area contributed by atoms with Crippen molar-refractivity contribution >= 4 is 5.96 Å². The van der Waals surface area contributed by atoms with Crippen molar-refractivity contribution in [3.05, 3.63) is 23.8 Å². The van der Waals surface area contributed by atoms with Crippen LogP contribution in [-0.4, -0.2) is 70.5 Å². The minimum Gasteiger partial charge on any atom is -0.493 e. The summed E-state index contributed by atoms with van der Waals surface area (Å²) >= 11 is 0. The van der Waals surface area contributed by atoms with Crippen LogP contribution in [0.15, 0.2) is 23.2 Å². The molecule has 0 amide bonds. The number of ether oxygens (including phenoxy) is 2. The Labute approximate surface area is 188 Å². The van der Waals surface area contributed by atoms with Gasteiger partial charge in [0, 0.05) is 26.2 Å². The first kappa shape index (κ1) is 25.3. The SMILES string of the molecule is CCNC(=NCC1(CCO)CCCCC1)NCC(c1ccc(OC)c(OC)c1)N(C)C. The molecule has 0 bridgehead atoms. The Balaban J connectivity index is 2.12. The molecule has 0 aliphatic heterocycles. The number of methoxy groups -OCH3 is 2. The van der Waals surface area contributed by atoms with E-state index >= 15 is 0 Å². The Morgan fingerprint density at radius 3 is 2.42 bits per heavy atom. The number of nitrogens with one attached hydrogen (secondary N) is 2. The summed E-state index contributed by atoms with van der Waals surface area (Å²) < 4.78 is 10.9. The second kappa shape index (κ2) is 12.8. The van der Waals surface area contributed by atoms with Crippen LogP contribution in [0.25, 0.3) is 0 Å². The quantitative estimate of drug-likeness (QED) is 0.367. The molecule has 7 nitrogen and oxygen atoms in total. The molecule has 1 aromatic carbocycles. The van der Waals surface area contributed by atoms with Crippen LogP contribution in [-0.2, 0) is 0 Å². The van der Waals surface area contributed by atoms with E-state index in [1.54, 1.807) is 14.2 Å². The van der Waals surface area contributed by atoms with Crippen molar-refractivity contribution < 1.29 is 14.6 Å². The molecule has 31 heavy (non-hydrogen) atoms. The summed E-state index contributed by atoms with van der Waals surface area (Å²) in [5.41, 5.74) is 1.29. The van der Waals surface area contributed by atoms with Crippen molar-refractivity contribution in [1.29, 1.82) is 0 Å². The van der Waals surface area contributed by atoms with Crippen LogP contribution in [0.2, 0.25) is 0 Å². The smallest absolute Gasteiger partial charge is 0.191 e. The van der Waals surface area contributed by atoms with E-state index in [0.717, 1.165) is 55.4 Å². The van der Waals surface area contributed by atoms with Gasteiger partial charge in [0.05, 0.1) is 20.3 Å². The van der Waals surface area contributed by atoms with Gasteiger partial charge >= 0.3 is 0 Å². The summed E-state index contributed by atoms with van der Waals surface area (Å²) in [6.45, 7) is 4.59. The van der Waals surface area contributed by atoms with Crippen molar-refractivity contribution in [2.45, 2.75) is 51.5 Å². The lowest BCUT2D eigenvalue weighted by molar-refractivity contribution is 0.137. The number of aliphatic imine (C=N–C) groups is 1. The average molecular weight is 435 g/mol. The van der Waals surface area contributed by atoms with Gasteiger partial charge < -0.3 is 30.1 Å². The topological polar surface area (TPSA) is 78.4 Å². The number of hydrogen-bond donors (Lipinski definition) is 3. The molecule has 1 unspecified atom stereocenters. The number of hydrogen-bond acceptors (Lipinski definition) is 5. The molecule has 176 valence electrons. The first-order valence-corrected chi connectivity index (χ1v) is 11.5. The van der Waals surface area contributed by atoms with Crippen LogP contribution in [0.5, 0.6) is 11.5 Å². The fourth-order valence-electron chi connectivity index (χ4n) is 4.47. The largest absolute Gasteiger partial charge is 0.493 e. The van der Waals surface area contributed by atoms with Gasteiger partial charge in [-0.1, -0.05) is 25.3 Å². The summed E-state index contributed by atoms with van der Waals surface area (Å²) in [4.78, 5) is 7.12. The van der Waals surface area contributed by atoms with Gasteiger partial charge in [-0.2, -0.15) is 0 Å². The number of rotatable bonds is 11. The second-order valence-electron chi connectivity index (χ2n) is 8.70. The molecule has 2 rings (SSSR count). The molecule has 1 fully saturated rings. The first-order valence-electron chi connectivity index (χ1n) is 11.5. The molecular formula is C24H42N4O3. The van der Waals surface area contributed by atoms with Gasteiger partial charge in [-0.25, -0.2) is 0 Å². The van der Waals surface area contributed by atoms with Crippen molar-refractivity contribution in [3.8, 4) is 11.5 Å². The lowest BCUT2D eigenvalue weighted by Crippen LogP contribution is -2.42. The van der Waals surface area contributed by atoms with Crippen LogP contribution < -0.4 is 20.1 Å². The number of benzene rings is 1. The molecule has 1 aliphatic rings. The molecule has 1 atom stereocenters. The van der Waals surface area contributed by atoms with Crippen molar-refractivity contribution in [2.24, 2.45) is 10.4 Å². The summed E-state index contributed by atoms with van der Waals surface area (Å²) in [7, 11) is 7.46. The van der Waals surface area contributed by atoms with Crippen LogP contribution >= 0.6 is 0 Å².